The third-order valence-electron chi connectivity index (χ3n) is 5.71. The Labute approximate surface area is 118 Å². The number of hydrogen-bond acceptors (Lipinski definition) is 3. The van der Waals surface area contributed by atoms with Gasteiger partial charge in [-0.1, -0.05) is 19.8 Å². The molecule has 2 N–H and O–H groups in total. The first kappa shape index (κ1) is 15.3. The van der Waals surface area contributed by atoms with Crippen LogP contribution >= 0.6 is 0 Å². The van der Waals surface area contributed by atoms with Crippen LogP contribution in [-0.4, -0.2) is 48.3 Å². The summed E-state index contributed by atoms with van der Waals surface area (Å²) < 4.78 is 0. The van der Waals surface area contributed by atoms with Gasteiger partial charge in [-0.15, -0.1) is 0 Å². The molecule has 0 radical (unpaired) electrons. The monoisotopic (exact) mass is 268 g/mol. The fourth-order valence-electron chi connectivity index (χ4n) is 4.20. The van der Waals surface area contributed by atoms with Crippen molar-refractivity contribution < 1.29 is 5.11 Å². The highest BCUT2D eigenvalue weighted by molar-refractivity contribution is 4.96. The molecule has 2 rings (SSSR count). The van der Waals surface area contributed by atoms with E-state index in [0.29, 0.717) is 6.04 Å². The highest BCUT2D eigenvalue weighted by atomic mass is 16.3. The molecule has 0 heterocycles. The van der Waals surface area contributed by atoms with Gasteiger partial charge in [0.25, 0.3) is 0 Å². The van der Waals surface area contributed by atoms with Crippen LogP contribution in [0.4, 0.5) is 0 Å². The first-order valence-corrected chi connectivity index (χ1v) is 8.12. The Kier molecular flexibility index (Phi) is 5.27. The van der Waals surface area contributed by atoms with Crippen molar-refractivity contribution in [1.82, 2.24) is 10.2 Å². The van der Waals surface area contributed by atoms with Crippen LogP contribution in [-0.2, 0) is 0 Å². The van der Waals surface area contributed by atoms with Gasteiger partial charge in [-0.25, -0.2) is 0 Å². The number of aliphatic hydroxyl groups excluding tert-OH is 1. The van der Waals surface area contributed by atoms with Gasteiger partial charge in [0.1, 0.15) is 0 Å². The van der Waals surface area contributed by atoms with Crippen LogP contribution < -0.4 is 5.32 Å². The lowest BCUT2D eigenvalue weighted by Crippen LogP contribution is -2.55. The maximum absolute atomic E-state index is 9.71. The summed E-state index contributed by atoms with van der Waals surface area (Å²) in [6, 6.07) is 1.41. The van der Waals surface area contributed by atoms with Gasteiger partial charge in [-0.3, -0.25) is 0 Å². The number of likely N-dealkylation sites (N-methyl/N-ethyl adjacent to an activating group) is 1. The van der Waals surface area contributed by atoms with Crippen molar-refractivity contribution in [1.29, 1.82) is 0 Å². The average Bonchev–Trinajstić information content (AvgIpc) is 2.46. The van der Waals surface area contributed by atoms with Gasteiger partial charge in [0, 0.05) is 17.6 Å². The van der Waals surface area contributed by atoms with Gasteiger partial charge >= 0.3 is 0 Å². The molecule has 4 atom stereocenters. The highest BCUT2D eigenvalue weighted by Crippen LogP contribution is 2.34. The average molecular weight is 268 g/mol. The van der Waals surface area contributed by atoms with Crippen molar-refractivity contribution in [3.63, 3.8) is 0 Å². The SMILES string of the molecule is CNC1(CO)CCCC(N(C)C2CCCC(C)C2)C1. The summed E-state index contributed by atoms with van der Waals surface area (Å²) >= 11 is 0. The Bertz CT molecular complexity index is 278. The molecule has 0 aromatic heterocycles. The van der Waals surface area contributed by atoms with E-state index in [9.17, 15) is 5.11 Å². The smallest absolute Gasteiger partial charge is 0.0613 e. The van der Waals surface area contributed by atoms with E-state index in [2.05, 4.69) is 24.2 Å². The summed E-state index contributed by atoms with van der Waals surface area (Å²) in [4.78, 5) is 2.64. The fraction of sp³-hybridized carbons (Fsp3) is 1.00. The molecule has 112 valence electrons. The molecule has 2 saturated carbocycles. The summed E-state index contributed by atoms with van der Waals surface area (Å²) in [6.45, 7) is 2.67. The lowest BCUT2D eigenvalue weighted by molar-refractivity contribution is 0.0418. The van der Waals surface area contributed by atoms with E-state index in [1.165, 1.54) is 38.5 Å². The zero-order chi connectivity index (χ0) is 13.9. The second-order valence-electron chi connectivity index (χ2n) is 7.03. The highest BCUT2D eigenvalue weighted by Gasteiger charge is 2.37. The first-order chi connectivity index (χ1) is 9.10. The summed E-state index contributed by atoms with van der Waals surface area (Å²) in [5.74, 6) is 0.886. The topological polar surface area (TPSA) is 35.5 Å². The minimum atomic E-state index is -0.0303. The van der Waals surface area contributed by atoms with Crippen molar-refractivity contribution in [3.05, 3.63) is 0 Å². The molecule has 0 aromatic carbocycles. The second-order valence-corrected chi connectivity index (χ2v) is 7.03. The number of rotatable bonds is 4. The fourth-order valence-corrected chi connectivity index (χ4v) is 4.20. The lowest BCUT2D eigenvalue weighted by Gasteiger charge is -2.46. The Hall–Kier alpha value is -0.120. The van der Waals surface area contributed by atoms with Gasteiger partial charge < -0.3 is 15.3 Å². The predicted molar refractivity (Wildman–Crippen MR) is 80.3 cm³/mol. The molecular weight excluding hydrogens is 236 g/mol. The maximum atomic E-state index is 9.71. The molecule has 3 nitrogen and oxygen atoms in total. The number of aliphatic hydroxyl groups is 1. The van der Waals surface area contributed by atoms with E-state index in [4.69, 9.17) is 0 Å². The molecule has 19 heavy (non-hydrogen) atoms. The van der Waals surface area contributed by atoms with Crippen LogP contribution in [0.5, 0.6) is 0 Å². The van der Waals surface area contributed by atoms with E-state index in [1.807, 2.05) is 7.05 Å². The maximum Gasteiger partial charge on any atom is 0.0613 e. The normalized spacial score (nSPS) is 40.6. The third-order valence-corrected chi connectivity index (χ3v) is 5.71. The quantitative estimate of drug-likeness (QED) is 0.822. The van der Waals surface area contributed by atoms with Crippen molar-refractivity contribution in [2.45, 2.75) is 75.9 Å². The predicted octanol–water partition coefficient (Wildman–Crippen LogP) is 2.39. The van der Waals surface area contributed by atoms with Crippen molar-refractivity contribution in [2.75, 3.05) is 20.7 Å². The summed E-state index contributed by atoms with van der Waals surface area (Å²) in [7, 11) is 4.32. The number of nitrogens with zero attached hydrogens (tertiary/aromatic N) is 1. The third kappa shape index (κ3) is 3.50. The van der Waals surface area contributed by atoms with Crippen LogP contribution in [0.25, 0.3) is 0 Å². The minimum Gasteiger partial charge on any atom is -0.394 e. The number of hydrogen-bond donors (Lipinski definition) is 2. The molecule has 2 aliphatic carbocycles. The standard InChI is InChI=1S/C16H32N2O/c1-13-6-4-7-14(10-13)18(3)15-8-5-9-16(11-15,12-19)17-2/h13-15,17,19H,4-12H2,1-3H3. The van der Waals surface area contributed by atoms with Crippen LogP contribution in [0.1, 0.15) is 58.3 Å². The molecule has 0 bridgehead atoms. The Balaban J connectivity index is 1.96. The van der Waals surface area contributed by atoms with E-state index < -0.39 is 0 Å². The molecule has 0 amide bonds. The molecule has 0 aliphatic heterocycles. The van der Waals surface area contributed by atoms with Crippen molar-refractivity contribution >= 4 is 0 Å². The molecule has 0 spiro atoms. The molecule has 0 saturated heterocycles. The van der Waals surface area contributed by atoms with Gasteiger partial charge in [0.2, 0.25) is 0 Å². The van der Waals surface area contributed by atoms with Crippen molar-refractivity contribution in [3.8, 4) is 0 Å². The Morgan fingerprint density at radius 2 is 1.95 bits per heavy atom. The second kappa shape index (κ2) is 6.55. The van der Waals surface area contributed by atoms with Crippen LogP contribution in [0.2, 0.25) is 0 Å². The number of nitrogens with one attached hydrogen (secondary N) is 1. The minimum absolute atomic E-state index is 0.0303. The molecule has 3 heteroatoms. The molecular formula is C16H32N2O. The Morgan fingerprint density at radius 1 is 1.21 bits per heavy atom. The van der Waals surface area contributed by atoms with E-state index in [0.717, 1.165) is 24.8 Å². The summed E-state index contributed by atoms with van der Waals surface area (Å²) in [5, 5.41) is 13.1. The molecule has 4 unspecified atom stereocenters. The van der Waals surface area contributed by atoms with Crippen LogP contribution in [0.15, 0.2) is 0 Å². The van der Waals surface area contributed by atoms with E-state index in [-0.39, 0.29) is 12.1 Å². The summed E-state index contributed by atoms with van der Waals surface area (Å²) in [5.41, 5.74) is -0.0303. The molecule has 2 fully saturated rings. The molecule has 2 aliphatic rings. The van der Waals surface area contributed by atoms with E-state index in [1.54, 1.807) is 0 Å². The van der Waals surface area contributed by atoms with Gasteiger partial charge in [-0.2, -0.15) is 0 Å². The lowest BCUT2D eigenvalue weighted by atomic mass is 9.77. The van der Waals surface area contributed by atoms with Gasteiger partial charge in [0.05, 0.1) is 6.61 Å². The largest absolute Gasteiger partial charge is 0.394 e. The van der Waals surface area contributed by atoms with Gasteiger partial charge in [0.15, 0.2) is 0 Å². The van der Waals surface area contributed by atoms with Crippen molar-refractivity contribution in [2.24, 2.45) is 5.92 Å². The van der Waals surface area contributed by atoms with E-state index >= 15 is 0 Å². The first-order valence-electron chi connectivity index (χ1n) is 8.12. The van der Waals surface area contributed by atoms with Gasteiger partial charge in [-0.05, 0) is 58.5 Å². The zero-order valence-corrected chi connectivity index (χ0v) is 13.0. The molecule has 0 aromatic rings. The zero-order valence-electron chi connectivity index (χ0n) is 13.0. The summed E-state index contributed by atoms with van der Waals surface area (Å²) in [6.07, 6.45) is 10.3. The van der Waals surface area contributed by atoms with Crippen LogP contribution in [0.3, 0.4) is 0 Å². The van der Waals surface area contributed by atoms with Crippen LogP contribution in [0, 0.1) is 5.92 Å². The Morgan fingerprint density at radius 3 is 2.58 bits per heavy atom.